The van der Waals surface area contributed by atoms with Gasteiger partial charge in [-0.05, 0) is 37.2 Å². The monoisotopic (exact) mass is 323 g/mol. The molecule has 0 amide bonds. The molecule has 1 aromatic rings. The van der Waals surface area contributed by atoms with E-state index in [4.69, 9.17) is 21.1 Å². The Morgan fingerprint density at radius 3 is 2.95 bits per heavy atom. The van der Waals surface area contributed by atoms with Crippen molar-refractivity contribution in [2.75, 3.05) is 33.4 Å². The number of ketones is 1. The lowest BCUT2D eigenvalue weighted by atomic mass is 10.0. The van der Waals surface area contributed by atoms with Gasteiger partial charge in [-0.25, -0.2) is 0 Å². The van der Waals surface area contributed by atoms with E-state index in [9.17, 15) is 4.79 Å². The second-order valence-electron chi connectivity index (χ2n) is 5.45. The number of carbonyl (C=O) groups is 1. The molecule has 1 aromatic carbocycles. The Balaban J connectivity index is 2.00. The molecule has 0 radical (unpaired) electrons. The number of morpholine rings is 1. The Morgan fingerprint density at radius 2 is 2.32 bits per heavy atom. The van der Waals surface area contributed by atoms with Crippen LogP contribution in [0, 0.1) is 0 Å². The fourth-order valence-corrected chi connectivity index (χ4v) is 2.46. The molecular weight excluding hydrogens is 302 g/mol. The second kappa shape index (κ2) is 7.77. The van der Waals surface area contributed by atoms with E-state index in [0.717, 1.165) is 13.2 Å². The highest BCUT2D eigenvalue weighted by Gasteiger charge is 2.20. The van der Waals surface area contributed by atoms with Crippen LogP contribution in [0.15, 0.2) is 30.4 Å². The van der Waals surface area contributed by atoms with Crippen LogP contribution in [0.5, 0.6) is 5.75 Å². The van der Waals surface area contributed by atoms with Crippen LogP contribution in [0.1, 0.15) is 23.7 Å². The first-order valence-electron chi connectivity index (χ1n) is 7.45. The molecule has 1 unspecified atom stereocenters. The lowest BCUT2D eigenvalue weighted by Crippen LogP contribution is -2.46. The highest BCUT2D eigenvalue weighted by Crippen LogP contribution is 2.27. The zero-order valence-corrected chi connectivity index (χ0v) is 13.9. The van der Waals surface area contributed by atoms with Crippen molar-refractivity contribution in [1.29, 1.82) is 0 Å². The third kappa shape index (κ3) is 4.09. The average Bonchev–Trinajstić information content (AvgIpc) is 2.53. The van der Waals surface area contributed by atoms with Crippen molar-refractivity contribution >= 4 is 17.4 Å². The zero-order valence-electron chi connectivity index (χ0n) is 13.1. The van der Waals surface area contributed by atoms with E-state index >= 15 is 0 Å². The quantitative estimate of drug-likeness (QED) is 0.595. The summed E-state index contributed by atoms with van der Waals surface area (Å²) in [5.74, 6) is 0.510. The molecule has 5 heteroatoms. The number of halogens is 1. The fraction of sp³-hybridized carbons (Fsp3) is 0.471. The van der Waals surface area contributed by atoms with E-state index in [1.807, 2.05) is 6.92 Å². The molecule has 1 aliphatic heterocycles. The van der Waals surface area contributed by atoms with Crippen molar-refractivity contribution in [3.05, 3.63) is 40.9 Å². The number of allylic oxidation sites excluding steroid dienone is 1. The van der Waals surface area contributed by atoms with Crippen molar-refractivity contribution < 1.29 is 14.3 Å². The molecule has 0 spiro atoms. The van der Waals surface area contributed by atoms with Gasteiger partial charge in [0.25, 0.3) is 0 Å². The van der Waals surface area contributed by atoms with Gasteiger partial charge in [0.2, 0.25) is 0 Å². The van der Waals surface area contributed by atoms with Gasteiger partial charge in [-0.1, -0.05) is 25.1 Å². The molecule has 1 saturated heterocycles. The van der Waals surface area contributed by atoms with Crippen LogP contribution < -0.4 is 4.74 Å². The predicted molar refractivity (Wildman–Crippen MR) is 87.9 cm³/mol. The van der Waals surface area contributed by atoms with Crippen LogP contribution >= 0.6 is 11.6 Å². The van der Waals surface area contributed by atoms with E-state index < -0.39 is 0 Å². The lowest BCUT2D eigenvalue weighted by molar-refractivity contribution is -0.0107. The number of benzene rings is 1. The molecule has 1 heterocycles. The summed E-state index contributed by atoms with van der Waals surface area (Å²) in [6.45, 7) is 8.48. The number of likely N-dealkylation sites (N-methyl/N-ethyl adjacent to an activating group) is 1. The van der Waals surface area contributed by atoms with E-state index in [1.54, 1.807) is 18.2 Å². The molecule has 120 valence electrons. The van der Waals surface area contributed by atoms with E-state index in [-0.39, 0.29) is 11.8 Å². The van der Waals surface area contributed by atoms with Gasteiger partial charge in [0, 0.05) is 12.1 Å². The summed E-state index contributed by atoms with van der Waals surface area (Å²) in [5, 5.41) is 0.439. The maximum Gasteiger partial charge on any atom is 0.188 e. The van der Waals surface area contributed by atoms with Gasteiger partial charge >= 0.3 is 0 Å². The Bertz CT molecular complexity index is 559. The predicted octanol–water partition coefficient (Wildman–Crippen LogP) is 3.20. The molecule has 0 N–H and O–H groups in total. The SMILES string of the molecule is C=C(CC)C(=O)c1ccc(OCC2COCCN2C)c(Cl)c1. The van der Waals surface area contributed by atoms with E-state index in [0.29, 0.717) is 41.5 Å². The number of nitrogens with zero attached hydrogens (tertiary/aromatic N) is 1. The third-order valence-electron chi connectivity index (χ3n) is 3.90. The van der Waals surface area contributed by atoms with Gasteiger partial charge in [0.05, 0.1) is 24.3 Å². The van der Waals surface area contributed by atoms with E-state index in [2.05, 4.69) is 18.5 Å². The molecule has 1 fully saturated rings. The number of hydrogen-bond acceptors (Lipinski definition) is 4. The normalized spacial score (nSPS) is 19.0. The van der Waals surface area contributed by atoms with Gasteiger partial charge in [0.15, 0.2) is 5.78 Å². The highest BCUT2D eigenvalue weighted by atomic mass is 35.5. The first-order valence-corrected chi connectivity index (χ1v) is 7.83. The molecular formula is C17H22ClNO3. The van der Waals surface area contributed by atoms with Gasteiger partial charge < -0.3 is 9.47 Å². The molecule has 4 nitrogen and oxygen atoms in total. The third-order valence-corrected chi connectivity index (χ3v) is 4.19. The molecule has 0 aliphatic carbocycles. The van der Waals surface area contributed by atoms with Gasteiger partial charge in [0.1, 0.15) is 12.4 Å². The molecule has 0 aromatic heterocycles. The van der Waals surface area contributed by atoms with Gasteiger partial charge in [-0.3, -0.25) is 9.69 Å². The molecule has 0 bridgehead atoms. The van der Waals surface area contributed by atoms with Crippen LogP contribution in [0.3, 0.4) is 0 Å². The number of Topliss-reactive ketones (excluding diaryl/α,β-unsaturated/α-hetero) is 1. The van der Waals surface area contributed by atoms with Gasteiger partial charge in [-0.15, -0.1) is 0 Å². The smallest absolute Gasteiger partial charge is 0.188 e. The Morgan fingerprint density at radius 1 is 1.55 bits per heavy atom. The first-order chi connectivity index (χ1) is 10.5. The van der Waals surface area contributed by atoms with E-state index in [1.165, 1.54) is 0 Å². The maximum atomic E-state index is 12.1. The molecule has 22 heavy (non-hydrogen) atoms. The Hall–Kier alpha value is -1.36. The van der Waals surface area contributed by atoms with Crippen LogP contribution in [0.2, 0.25) is 5.02 Å². The minimum absolute atomic E-state index is 0.0728. The second-order valence-corrected chi connectivity index (χ2v) is 5.86. The minimum Gasteiger partial charge on any atom is -0.490 e. The van der Waals surface area contributed by atoms with Gasteiger partial charge in [-0.2, -0.15) is 0 Å². The number of ether oxygens (including phenoxy) is 2. The summed E-state index contributed by atoms with van der Waals surface area (Å²) >= 11 is 6.22. The maximum absolute atomic E-state index is 12.1. The first kappa shape index (κ1) is 17.0. The van der Waals surface area contributed by atoms with Crippen LogP contribution in [0.4, 0.5) is 0 Å². The zero-order chi connectivity index (χ0) is 16.1. The summed E-state index contributed by atoms with van der Waals surface area (Å²) in [6.07, 6.45) is 0.628. The average molecular weight is 324 g/mol. The standard InChI is InChI=1S/C17H22ClNO3/c1-4-12(2)17(20)13-5-6-16(15(18)9-13)22-11-14-10-21-8-7-19(14)3/h5-6,9,14H,2,4,7-8,10-11H2,1,3H3. The summed E-state index contributed by atoms with van der Waals surface area (Å²) in [7, 11) is 2.05. The summed E-state index contributed by atoms with van der Waals surface area (Å²) in [5.41, 5.74) is 1.12. The van der Waals surface area contributed by atoms with Crippen molar-refractivity contribution in [3.63, 3.8) is 0 Å². The molecule has 1 atom stereocenters. The lowest BCUT2D eigenvalue weighted by Gasteiger charge is -2.32. The van der Waals surface area contributed by atoms with Crippen LogP contribution in [0.25, 0.3) is 0 Å². The molecule has 2 rings (SSSR count). The largest absolute Gasteiger partial charge is 0.490 e. The molecule has 0 saturated carbocycles. The number of hydrogen-bond donors (Lipinski definition) is 0. The van der Waals surface area contributed by atoms with Crippen LogP contribution in [-0.4, -0.2) is 50.1 Å². The van der Waals surface area contributed by atoms with Crippen molar-refractivity contribution in [2.24, 2.45) is 0 Å². The Kier molecular flexibility index (Phi) is 6.00. The molecule has 1 aliphatic rings. The topological polar surface area (TPSA) is 38.8 Å². The number of carbonyl (C=O) groups excluding carboxylic acids is 1. The summed E-state index contributed by atoms with van der Waals surface area (Å²) in [4.78, 5) is 14.3. The van der Waals surface area contributed by atoms with Crippen molar-refractivity contribution in [2.45, 2.75) is 19.4 Å². The van der Waals surface area contributed by atoms with Crippen molar-refractivity contribution in [1.82, 2.24) is 4.90 Å². The Labute approximate surface area is 136 Å². The number of rotatable bonds is 6. The van der Waals surface area contributed by atoms with Crippen LogP contribution in [-0.2, 0) is 4.74 Å². The minimum atomic E-state index is -0.0728. The highest BCUT2D eigenvalue weighted by molar-refractivity contribution is 6.32. The summed E-state index contributed by atoms with van der Waals surface area (Å²) < 4.78 is 11.2. The summed E-state index contributed by atoms with van der Waals surface area (Å²) in [6, 6.07) is 5.32. The van der Waals surface area contributed by atoms with Crippen molar-refractivity contribution in [3.8, 4) is 5.75 Å². The fourth-order valence-electron chi connectivity index (χ4n) is 2.22.